The Bertz CT molecular complexity index is 986. The van der Waals surface area contributed by atoms with Crippen LogP contribution in [0.25, 0.3) is 11.3 Å². The van der Waals surface area contributed by atoms with Gasteiger partial charge in [-0.2, -0.15) is 5.26 Å². The number of nitrogen functional groups attached to an aromatic ring is 1. The minimum absolute atomic E-state index is 0.0925. The van der Waals surface area contributed by atoms with Crippen LogP contribution in [0.3, 0.4) is 0 Å². The second kappa shape index (κ2) is 6.40. The second-order valence-electron chi connectivity index (χ2n) is 5.09. The lowest BCUT2D eigenvalue weighted by Crippen LogP contribution is -2.05. The maximum Gasteiger partial charge on any atom is 0.198 e. The first-order valence-corrected chi connectivity index (χ1v) is 7.75. The zero-order chi connectivity index (χ0) is 17.3. The topological polar surface area (TPSA) is 82.7 Å². The van der Waals surface area contributed by atoms with Gasteiger partial charge in [0.05, 0.1) is 16.3 Å². The number of rotatable bonds is 3. The van der Waals surface area contributed by atoms with Crippen LogP contribution in [-0.2, 0) is 0 Å². The van der Waals surface area contributed by atoms with Gasteiger partial charge in [0.25, 0.3) is 0 Å². The average Bonchev–Trinajstić information content (AvgIpc) is 2.91. The van der Waals surface area contributed by atoms with Crippen LogP contribution in [0.4, 0.5) is 5.82 Å². The number of H-pyrrole nitrogens is 1. The Kier molecular flexibility index (Phi) is 4.30. The van der Waals surface area contributed by atoms with E-state index < -0.39 is 0 Å². The highest BCUT2D eigenvalue weighted by atomic mass is 35.5. The van der Waals surface area contributed by atoms with E-state index in [4.69, 9.17) is 28.9 Å². The van der Waals surface area contributed by atoms with Crippen LogP contribution in [0.5, 0.6) is 0 Å². The number of aromatic amines is 1. The summed E-state index contributed by atoms with van der Waals surface area (Å²) in [5, 5.41) is 10.2. The highest BCUT2D eigenvalue weighted by Gasteiger charge is 2.25. The number of hydrogen-bond donors (Lipinski definition) is 2. The molecule has 0 aliphatic rings. The molecule has 118 valence electrons. The van der Waals surface area contributed by atoms with Crippen molar-refractivity contribution in [1.29, 1.82) is 5.26 Å². The lowest BCUT2D eigenvalue weighted by molar-refractivity contribution is 0.103. The quantitative estimate of drug-likeness (QED) is 0.669. The van der Waals surface area contributed by atoms with Crippen LogP contribution in [0, 0.1) is 11.3 Å². The van der Waals surface area contributed by atoms with Crippen LogP contribution in [0.2, 0.25) is 10.0 Å². The summed E-state index contributed by atoms with van der Waals surface area (Å²) in [6.45, 7) is 0. The number of benzene rings is 2. The molecule has 0 saturated heterocycles. The fraction of sp³-hybridized carbons (Fsp3) is 0. The van der Waals surface area contributed by atoms with Crippen LogP contribution < -0.4 is 5.73 Å². The second-order valence-corrected chi connectivity index (χ2v) is 5.94. The van der Waals surface area contributed by atoms with Crippen molar-refractivity contribution in [2.24, 2.45) is 0 Å². The molecule has 3 rings (SSSR count). The first-order chi connectivity index (χ1) is 11.5. The molecule has 0 bridgehead atoms. The lowest BCUT2D eigenvalue weighted by Gasteiger charge is -2.06. The lowest BCUT2D eigenvalue weighted by atomic mass is 9.97. The smallest absolute Gasteiger partial charge is 0.198 e. The molecule has 0 radical (unpaired) electrons. The van der Waals surface area contributed by atoms with Gasteiger partial charge in [0.1, 0.15) is 17.5 Å². The maximum absolute atomic E-state index is 13.0. The summed E-state index contributed by atoms with van der Waals surface area (Å²) >= 11 is 12.2. The highest BCUT2D eigenvalue weighted by Crippen LogP contribution is 2.33. The molecule has 0 amide bonds. The van der Waals surface area contributed by atoms with Gasteiger partial charge in [0.2, 0.25) is 0 Å². The largest absolute Gasteiger partial charge is 0.384 e. The third-order valence-electron chi connectivity index (χ3n) is 3.60. The Hall–Kier alpha value is -2.74. The Labute approximate surface area is 148 Å². The van der Waals surface area contributed by atoms with Gasteiger partial charge in [0.15, 0.2) is 5.78 Å². The fourth-order valence-corrected chi connectivity index (χ4v) is 2.91. The molecule has 0 unspecified atom stereocenters. The molecule has 0 spiro atoms. The van der Waals surface area contributed by atoms with E-state index in [1.165, 1.54) is 0 Å². The molecule has 1 heterocycles. The van der Waals surface area contributed by atoms with E-state index in [0.29, 0.717) is 26.9 Å². The van der Waals surface area contributed by atoms with Crippen molar-refractivity contribution in [3.05, 3.63) is 75.3 Å². The van der Waals surface area contributed by atoms with E-state index in [2.05, 4.69) is 4.98 Å². The minimum atomic E-state index is -0.375. The van der Waals surface area contributed by atoms with Gasteiger partial charge >= 0.3 is 0 Å². The number of halogens is 2. The van der Waals surface area contributed by atoms with Crippen molar-refractivity contribution < 1.29 is 4.79 Å². The summed E-state index contributed by atoms with van der Waals surface area (Å²) in [6, 6.07) is 15.6. The number of carbonyl (C=O) groups excluding carboxylic acids is 1. The third-order valence-corrected chi connectivity index (χ3v) is 4.16. The Morgan fingerprint density at radius 2 is 1.88 bits per heavy atom. The molecule has 0 atom stereocenters. The molecule has 3 N–H and O–H groups in total. The fourth-order valence-electron chi connectivity index (χ4n) is 2.50. The van der Waals surface area contributed by atoms with E-state index in [1.54, 1.807) is 48.5 Å². The van der Waals surface area contributed by atoms with Crippen molar-refractivity contribution in [1.82, 2.24) is 4.98 Å². The first-order valence-electron chi connectivity index (χ1n) is 6.99. The molecule has 1 aromatic heterocycles. The van der Waals surface area contributed by atoms with Gasteiger partial charge in [-0.25, -0.2) is 0 Å². The van der Waals surface area contributed by atoms with E-state index in [-0.39, 0.29) is 22.7 Å². The average molecular weight is 356 g/mol. The number of anilines is 1. The molecule has 0 aliphatic heterocycles. The van der Waals surface area contributed by atoms with Crippen molar-refractivity contribution in [2.45, 2.75) is 0 Å². The number of nitrogens with two attached hydrogens (primary N) is 1. The molecule has 0 fully saturated rings. The van der Waals surface area contributed by atoms with E-state index in [0.717, 1.165) is 0 Å². The summed E-state index contributed by atoms with van der Waals surface area (Å²) in [5.74, 6) is -0.247. The zero-order valence-electron chi connectivity index (χ0n) is 12.3. The van der Waals surface area contributed by atoms with Gasteiger partial charge in [0, 0.05) is 16.1 Å². The molecule has 4 nitrogen and oxygen atoms in total. The van der Waals surface area contributed by atoms with Crippen molar-refractivity contribution in [3.8, 4) is 17.3 Å². The summed E-state index contributed by atoms with van der Waals surface area (Å²) in [4.78, 5) is 15.9. The Morgan fingerprint density at radius 3 is 2.54 bits per heavy atom. The minimum Gasteiger partial charge on any atom is -0.384 e. The van der Waals surface area contributed by atoms with Crippen molar-refractivity contribution in [2.75, 3.05) is 5.73 Å². The van der Waals surface area contributed by atoms with Gasteiger partial charge in [-0.1, -0.05) is 47.5 Å². The van der Waals surface area contributed by atoms with Crippen LogP contribution >= 0.6 is 23.2 Å². The third kappa shape index (κ3) is 2.76. The van der Waals surface area contributed by atoms with Crippen molar-refractivity contribution >= 4 is 34.8 Å². The molecule has 24 heavy (non-hydrogen) atoms. The number of nitrogens with zero attached hydrogens (tertiary/aromatic N) is 1. The number of ketones is 1. The predicted molar refractivity (Wildman–Crippen MR) is 95.3 cm³/mol. The Morgan fingerprint density at radius 1 is 1.12 bits per heavy atom. The van der Waals surface area contributed by atoms with E-state index in [1.807, 2.05) is 6.07 Å². The summed E-state index contributed by atoms with van der Waals surface area (Å²) in [6.07, 6.45) is 0. The van der Waals surface area contributed by atoms with E-state index >= 15 is 0 Å². The van der Waals surface area contributed by atoms with Crippen molar-refractivity contribution in [3.63, 3.8) is 0 Å². The number of carbonyl (C=O) groups is 1. The molecule has 0 aliphatic carbocycles. The first kappa shape index (κ1) is 16.1. The normalized spacial score (nSPS) is 10.4. The number of nitrogens with one attached hydrogen (secondary N) is 1. The molecule has 0 saturated carbocycles. The van der Waals surface area contributed by atoms with Crippen LogP contribution in [0.1, 0.15) is 21.5 Å². The standard InChI is InChI=1S/C18H11Cl2N3O/c19-11-5-3-4-10(8-11)16-15(13(9-21)18(22)23-16)17(24)12-6-1-2-7-14(12)20/h1-8,23H,22H2. The molecule has 3 aromatic rings. The number of hydrogen-bond acceptors (Lipinski definition) is 3. The molecular formula is C18H11Cl2N3O. The summed E-state index contributed by atoms with van der Waals surface area (Å²) in [7, 11) is 0. The SMILES string of the molecule is N#Cc1c(N)[nH]c(-c2cccc(Cl)c2)c1C(=O)c1ccccc1Cl. The molecule has 6 heteroatoms. The van der Waals surface area contributed by atoms with Gasteiger partial charge in [-0.05, 0) is 24.3 Å². The van der Waals surface area contributed by atoms with Gasteiger partial charge in [-0.3, -0.25) is 4.79 Å². The summed E-state index contributed by atoms with van der Waals surface area (Å²) in [5.41, 5.74) is 7.57. The number of aromatic nitrogens is 1. The highest BCUT2D eigenvalue weighted by molar-refractivity contribution is 6.35. The zero-order valence-corrected chi connectivity index (χ0v) is 13.8. The molecular weight excluding hydrogens is 345 g/mol. The van der Waals surface area contributed by atoms with Gasteiger partial charge in [-0.15, -0.1) is 0 Å². The maximum atomic E-state index is 13.0. The monoisotopic (exact) mass is 355 g/mol. The van der Waals surface area contributed by atoms with E-state index in [9.17, 15) is 10.1 Å². The van der Waals surface area contributed by atoms with Crippen LogP contribution in [-0.4, -0.2) is 10.8 Å². The molecule has 2 aromatic carbocycles. The number of nitriles is 1. The summed E-state index contributed by atoms with van der Waals surface area (Å²) < 4.78 is 0. The van der Waals surface area contributed by atoms with Gasteiger partial charge < -0.3 is 10.7 Å². The van der Waals surface area contributed by atoms with Crippen LogP contribution in [0.15, 0.2) is 48.5 Å². The predicted octanol–water partition coefficient (Wildman–Crippen LogP) is 4.67. The Balaban J connectivity index is 2.26.